The van der Waals surface area contributed by atoms with E-state index in [2.05, 4.69) is 15.6 Å². The fraction of sp³-hybridized carbons (Fsp3) is 0.533. The highest BCUT2D eigenvalue weighted by molar-refractivity contribution is 8.00. The van der Waals surface area contributed by atoms with Crippen LogP contribution >= 0.6 is 11.8 Å². The lowest BCUT2D eigenvalue weighted by atomic mass is 9.96. The minimum absolute atomic E-state index is 0.199. The van der Waals surface area contributed by atoms with Gasteiger partial charge < -0.3 is 5.32 Å². The maximum Gasteiger partial charge on any atom is 0.321 e. The minimum atomic E-state index is -0.389. The lowest BCUT2D eigenvalue weighted by molar-refractivity contribution is -0.119. The van der Waals surface area contributed by atoms with Crippen molar-refractivity contribution in [3.05, 3.63) is 24.4 Å². The maximum absolute atomic E-state index is 12.0. The quantitative estimate of drug-likeness (QED) is 0.839. The zero-order valence-corrected chi connectivity index (χ0v) is 13.0. The van der Waals surface area contributed by atoms with Gasteiger partial charge >= 0.3 is 6.03 Å². The molecule has 2 rings (SSSR count). The second-order valence-electron chi connectivity index (χ2n) is 5.23. The standard InChI is InChI=1S/C15H21N3O2S/c1-11(21-13-9-5-6-10-16-13)14(19)18-15(20)17-12-7-3-2-4-8-12/h5-6,9-12H,2-4,7-8H2,1H3,(H2,17,18,19,20). The van der Waals surface area contributed by atoms with Crippen LogP contribution in [0.25, 0.3) is 0 Å². The van der Waals surface area contributed by atoms with Crippen LogP contribution in [0, 0.1) is 0 Å². The molecule has 1 unspecified atom stereocenters. The number of imide groups is 1. The average molecular weight is 307 g/mol. The molecule has 0 aromatic carbocycles. The number of carbonyl (C=O) groups is 2. The molecular formula is C15H21N3O2S. The van der Waals surface area contributed by atoms with Crippen LogP contribution in [-0.2, 0) is 4.79 Å². The van der Waals surface area contributed by atoms with Crippen LogP contribution in [0.2, 0.25) is 0 Å². The zero-order valence-electron chi connectivity index (χ0n) is 12.2. The molecule has 114 valence electrons. The van der Waals surface area contributed by atoms with Gasteiger partial charge in [-0.05, 0) is 31.9 Å². The molecule has 0 aliphatic heterocycles. The first kappa shape index (κ1) is 15.8. The highest BCUT2D eigenvalue weighted by Crippen LogP contribution is 2.20. The van der Waals surface area contributed by atoms with Crippen molar-refractivity contribution in [2.45, 2.75) is 55.3 Å². The first-order valence-corrected chi connectivity index (χ1v) is 8.22. The van der Waals surface area contributed by atoms with Crippen LogP contribution in [0.4, 0.5) is 4.79 Å². The SMILES string of the molecule is CC(Sc1ccccn1)C(=O)NC(=O)NC1CCCCC1. The smallest absolute Gasteiger partial charge is 0.321 e. The molecule has 1 aliphatic rings. The summed E-state index contributed by atoms with van der Waals surface area (Å²) in [6.07, 6.45) is 7.20. The number of hydrogen-bond donors (Lipinski definition) is 2. The van der Waals surface area contributed by atoms with Gasteiger partial charge in [-0.3, -0.25) is 10.1 Å². The van der Waals surface area contributed by atoms with Crippen LogP contribution in [0.1, 0.15) is 39.0 Å². The van der Waals surface area contributed by atoms with Crippen molar-refractivity contribution in [1.82, 2.24) is 15.6 Å². The second-order valence-corrected chi connectivity index (χ2v) is 6.59. The van der Waals surface area contributed by atoms with E-state index in [1.807, 2.05) is 18.2 Å². The summed E-state index contributed by atoms with van der Waals surface area (Å²) in [6, 6.07) is 5.35. The van der Waals surface area contributed by atoms with Crippen molar-refractivity contribution in [2.75, 3.05) is 0 Å². The first-order chi connectivity index (χ1) is 10.1. The van der Waals surface area contributed by atoms with E-state index in [-0.39, 0.29) is 23.2 Å². The summed E-state index contributed by atoms with van der Waals surface area (Å²) in [5, 5.41) is 5.69. The van der Waals surface area contributed by atoms with Gasteiger partial charge in [0, 0.05) is 12.2 Å². The van der Waals surface area contributed by atoms with Gasteiger partial charge in [0.1, 0.15) is 0 Å². The summed E-state index contributed by atoms with van der Waals surface area (Å²) in [4.78, 5) is 27.9. The zero-order chi connectivity index (χ0) is 15.1. The third-order valence-electron chi connectivity index (χ3n) is 3.48. The molecule has 1 fully saturated rings. The fourth-order valence-corrected chi connectivity index (χ4v) is 3.14. The molecule has 3 amide bonds. The number of carbonyl (C=O) groups excluding carboxylic acids is 2. The van der Waals surface area contributed by atoms with Crippen LogP contribution in [0.3, 0.4) is 0 Å². The summed E-state index contributed by atoms with van der Waals surface area (Å²) in [7, 11) is 0. The van der Waals surface area contributed by atoms with E-state index < -0.39 is 0 Å². The second kappa shape index (κ2) is 8.02. The molecule has 0 bridgehead atoms. The number of amides is 3. The molecule has 2 N–H and O–H groups in total. The number of pyridine rings is 1. The number of thioether (sulfide) groups is 1. The largest absolute Gasteiger partial charge is 0.335 e. The van der Waals surface area contributed by atoms with Crippen molar-refractivity contribution >= 4 is 23.7 Å². The number of nitrogens with one attached hydrogen (secondary N) is 2. The lowest BCUT2D eigenvalue weighted by Gasteiger charge is -2.23. The number of urea groups is 1. The Kier molecular flexibility index (Phi) is 6.04. The van der Waals surface area contributed by atoms with E-state index in [0.717, 1.165) is 30.7 Å². The molecule has 6 heteroatoms. The van der Waals surface area contributed by atoms with Crippen molar-refractivity contribution < 1.29 is 9.59 Å². The van der Waals surface area contributed by atoms with Crippen molar-refractivity contribution in [3.63, 3.8) is 0 Å². The molecule has 1 atom stereocenters. The molecule has 1 aliphatic carbocycles. The molecule has 0 saturated heterocycles. The van der Waals surface area contributed by atoms with Crippen LogP contribution in [0.5, 0.6) is 0 Å². The molecule has 0 spiro atoms. The lowest BCUT2D eigenvalue weighted by Crippen LogP contribution is -2.47. The van der Waals surface area contributed by atoms with Crippen molar-refractivity contribution in [1.29, 1.82) is 0 Å². The summed E-state index contributed by atoms with van der Waals surface area (Å²) < 4.78 is 0. The number of rotatable bonds is 4. The molecule has 5 nitrogen and oxygen atoms in total. The highest BCUT2D eigenvalue weighted by Gasteiger charge is 2.20. The van der Waals surface area contributed by atoms with Crippen LogP contribution in [-0.4, -0.2) is 28.2 Å². The molecular weight excluding hydrogens is 286 g/mol. The van der Waals surface area contributed by atoms with Gasteiger partial charge in [-0.15, -0.1) is 0 Å². The van der Waals surface area contributed by atoms with Gasteiger partial charge in [-0.1, -0.05) is 37.1 Å². The third-order valence-corrected chi connectivity index (χ3v) is 4.53. The Morgan fingerprint density at radius 2 is 2.05 bits per heavy atom. The van der Waals surface area contributed by atoms with Crippen LogP contribution in [0.15, 0.2) is 29.4 Å². The predicted molar refractivity (Wildman–Crippen MR) is 83.1 cm³/mol. The first-order valence-electron chi connectivity index (χ1n) is 7.34. The minimum Gasteiger partial charge on any atom is -0.335 e. The summed E-state index contributed by atoms with van der Waals surface area (Å²) in [5.74, 6) is -0.293. The Bertz CT molecular complexity index is 475. The topological polar surface area (TPSA) is 71.1 Å². The van der Waals surface area contributed by atoms with E-state index in [9.17, 15) is 9.59 Å². The molecule has 1 heterocycles. The summed E-state index contributed by atoms with van der Waals surface area (Å²) in [5.41, 5.74) is 0. The molecule has 21 heavy (non-hydrogen) atoms. The number of nitrogens with zero attached hydrogens (tertiary/aromatic N) is 1. The van der Waals surface area contributed by atoms with E-state index in [1.54, 1.807) is 13.1 Å². The van der Waals surface area contributed by atoms with Crippen molar-refractivity contribution in [3.8, 4) is 0 Å². The monoisotopic (exact) mass is 307 g/mol. The summed E-state index contributed by atoms with van der Waals surface area (Å²) in [6.45, 7) is 1.77. The molecule has 1 aromatic rings. The third kappa shape index (κ3) is 5.38. The highest BCUT2D eigenvalue weighted by atomic mass is 32.2. The molecule has 1 aromatic heterocycles. The van der Waals surface area contributed by atoms with Crippen molar-refractivity contribution in [2.24, 2.45) is 0 Å². The fourth-order valence-electron chi connectivity index (χ4n) is 2.33. The Hall–Kier alpha value is -1.56. The predicted octanol–water partition coefficient (Wildman–Crippen LogP) is 2.72. The van der Waals surface area contributed by atoms with Gasteiger partial charge in [0.2, 0.25) is 5.91 Å². The Balaban J connectivity index is 1.76. The van der Waals surface area contributed by atoms with Gasteiger partial charge in [0.05, 0.1) is 10.3 Å². The molecule has 1 saturated carbocycles. The number of hydrogen-bond acceptors (Lipinski definition) is 4. The Morgan fingerprint density at radius 1 is 1.29 bits per heavy atom. The van der Waals surface area contributed by atoms with Gasteiger partial charge in [0.15, 0.2) is 0 Å². The number of aromatic nitrogens is 1. The van der Waals surface area contributed by atoms with Gasteiger partial charge in [-0.25, -0.2) is 9.78 Å². The van der Waals surface area contributed by atoms with E-state index in [4.69, 9.17) is 0 Å². The van der Waals surface area contributed by atoms with E-state index in [0.29, 0.717) is 0 Å². The Labute approximate surface area is 129 Å². The van der Waals surface area contributed by atoms with Gasteiger partial charge in [-0.2, -0.15) is 0 Å². The Morgan fingerprint density at radius 3 is 2.71 bits per heavy atom. The van der Waals surface area contributed by atoms with E-state index in [1.165, 1.54) is 18.2 Å². The van der Waals surface area contributed by atoms with E-state index >= 15 is 0 Å². The summed E-state index contributed by atoms with van der Waals surface area (Å²) >= 11 is 1.34. The maximum atomic E-state index is 12.0. The van der Waals surface area contributed by atoms with Crippen LogP contribution < -0.4 is 10.6 Å². The normalized spacial score (nSPS) is 17.0. The molecule has 0 radical (unpaired) electrons. The van der Waals surface area contributed by atoms with Gasteiger partial charge in [0.25, 0.3) is 0 Å². The average Bonchev–Trinajstić information content (AvgIpc) is 2.49.